The van der Waals surface area contributed by atoms with Crippen molar-refractivity contribution >= 4 is 39.1 Å². The molecule has 2 heterocycles. The second kappa shape index (κ2) is 8.52. The quantitative estimate of drug-likeness (QED) is 0.311. The molecule has 33 heavy (non-hydrogen) atoms. The number of ether oxygens (including phenoxy) is 1. The largest absolute Gasteiger partial charge is 0.378 e. The fourth-order valence-corrected chi connectivity index (χ4v) is 4.48. The fourth-order valence-electron chi connectivity index (χ4n) is 4.48. The Labute approximate surface area is 192 Å². The van der Waals surface area contributed by atoms with Gasteiger partial charge in [-0.15, -0.1) is 4.57 Å². The van der Waals surface area contributed by atoms with Crippen molar-refractivity contribution in [2.24, 2.45) is 0 Å². The maximum absolute atomic E-state index is 5.56. The number of nitrogens with one attached hydrogen (secondary N) is 1. The molecular weight excluding hydrogens is 408 g/mol. The predicted octanol–water partition coefficient (Wildman–Crippen LogP) is 5.24. The van der Waals surface area contributed by atoms with Gasteiger partial charge in [-0.05, 0) is 36.4 Å². The third-order valence-electron chi connectivity index (χ3n) is 6.11. The second-order valence-electron chi connectivity index (χ2n) is 8.25. The second-order valence-corrected chi connectivity index (χ2v) is 8.25. The molecule has 0 bridgehead atoms. The number of morpholine rings is 1. The Kier molecular flexibility index (Phi) is 5.09. The van der Waals surface area contributed by atoms with Crippen LogP contribution in [0.1, 0.15) is 0 Å². The predicted molar refractivity (Wildman–Crippen MR) is 134 cm³/mol. The van der Waals surface area contributed by atoms with Crippen LogP contribution in [0.3, 0.4) is 0 Å². The summed E-state index contributed by atoms with van der Waals surface area (Å²) in [7, 11) is 0. The van der Waals surface area contributed by atoms with Crippen molar-refractivity contribution in [3.05, 3.63) is 97.1 Å². The highest BCUT2D eigenvalue weighted by molar-refractivity contribution is 5.86. The summed E-state index contributed by atoms with van der Waals surface area (Å²) in [6.45, 7) is 3.34. The lowest BCUT2D eigenvalue weighted by atomic mass is 10.1. The number of hydrogen-bond acceptors (Lipinski definition) is 4. The van der Waals surface area contributed by atoms with Crippen LogP contribution < -0.4 is 14.8 Å². The van der Waals surface area contributed by atoms with Crippen molar-refractivity contribution in [3.63, 3.8) is 0 Å². The summed E-state index contributed by atoms with van der Waals surface area (Å²) in [6, 6.07) is 33.7. The molecule has 0 unspecified atom stereocenters. The molecule has 1 N–H and O–H groups in total. The number of nitrogens with zero attached hydrogens (tertiary/aromatic N) is 3. The molecule has 162 valence electrons. The number of aromatic nitrogens is 2. The van der Waals surface area contributed by atoms with E-state index in [0.717, 1.165) is 65.4 Å². The van der Waals surface area contributed by atoms with E-state index in [-0.39, 0.29) is 0 Å². The molecule has 1 aromatic heterocycles. The van der Waals surface area contributed by atoms with Crippen molar-refractivity contribution in [3.8, 4) is 5.69 Å². The molecule has 1 fully saturated rings. The van der Waals surface area contributed by atoms with Gasteiger partial charge in [-0.1, -0.05) is 36.4 Å². The van der Waals surface area contributed by atoms with Gasteiger partial charge in [0, 0.05) is 54.4 Å². The number of hydrogen-bond donors (Lipinski definition) is 1. The molecule has 0 amide bonds. The topological polar surface area (TPSA) is 41.3 Å². The highest BCUT2D eigenvalue weighted by atomic mass is 16.5. The van der Waals surface area contributed by atoms with Crippen LogP contribution in [0, 0.1) is 0 Å². The summed E-state index contributed by atoms with van der Waals surface area (Å²) < 4.78 is 7.87. The molecule has 1 aliphatic heterocycles. The summed E-state index contributed by atoms with van der Waals surface area (Å²) in [6.07, 6.45) is 0. The molecule has 1 saturated heterocycles. The van der Waals surface area contributed by atoms with E-state index in [1.807, 2.05) is 18.2 Å². The first-order valence-electron chi connectivity index (χ1n) is 11.3. The molecule has 6 rings (SSSR count). The zero-order valence-corrected chi connectivity index (χ0v) is 18.3. The summed E-state index contributed by atoms with van der Waals surface area (Å²) in [5, 5.41) is 3.52. The molecule has 5 aromatic rings. The van der Waals surface area contributed by atoms with Crippen LogP contribution in [0.5, 0.6) is 0 Å². The molecule has 0 atom stereocenters. The van der Waals surface area contributed by atoms with Crippen LogP contribution in [0.15, 0.2) is 97.1 Å². The number of anilines is 3. The minimum atomic E-state index is 0.765. The van der Waals surface area contributed by atoms with Gasteiger partial charge in [0.15, 0.2) is 0 Å². The average Bonchev–Trinajstić information content (AvgIpc) is 2.89. The van der Waals surface area contributed by atoms with E-state index in [1.54, 1.807) is 0 Å². The van der Waals surface area contributed by atoms with E-state index in [2.05, 4.69) is 93.6 Å². The smallest absolute Gasteiger partial charge is 0.239 e. The molecule has 1 aliphatic rings. The zero-order valence-electron chi connectivity index (χ0n) is 18.3. The van der Waals surface area contributed by atoms with Crippen LogP contribution in [0.25, 0.3) is 27.8 Å². The highest BCUT2D eigenvalue weighted by Crippen LogP contribution is 2.26. The van der Waals surface area contributed by atoms with Gasteiger partial charge in [0.25, 0.3) is 0 Å². The number of benzene rings is 4. The van der Waals surface area contributed by atoms with Gasteiger partial charge in [0.2, 0.25) is 16.7 Å². The first kappa shape index (κ1) is 19.7. The van der Waals surface area contributed by atoms with Crippen LogP contribution in [-0.4, -0.2) is 31.3 Å². The molecule has 4 aromatic carbocycles. The maximum atomic E-state index is 5.56. The van der Waals surface area contributed by atoms with Gasteiger partial charge >= 0.3 is 0 Å². The number of para-hydroxylation sites is 2. The van der Waals surface area contributed by atoms with Gasteiger partial charge in [-0.25, -0.2) is 4.98 Å². The Balaban J connectivity index is 1.56. The Hall–Kier alpha value is -3.96. The summed E-state index contributed by atoms with van der Waals surface area (Å²) in [5.74, 6) is 0. The van der Waals surface area contributed by atoms with Crippen molar-refractivity contribution in [2.75, 3.05) is 36.5 Å². The van der Waals surface area contributed by atoms with Crippen molar-refractivity contribution in [1.82, 2.24) is 4.98 Å². The summed E-state index contributed by atoms with van der Waals surface area (Å²) in [5.41, 5.74) is 8.51. The summed E-state index contributed by atoms with van der Waals surface area (Å²) in [4.78, 5) is 7.39. The minimum absolute atomic E-state index is 0.765. The zero-order chi connectivity index (χ0) is 22.0. The van der Waals surface area contributed by atoms with E-state index in [9.17, 15) is 0 Å². The molecule has 0 saturated carbocycles. The van der Waals surface area contributed by atoms with Gasteiger partial charge in [-0.2, -0.15) is 0 Å². The normalized spacial score (nSPS) is 14.0. The first-order chi connectivity index (χ1) is 16.3. The van der Waals surface area contributed by atoms with Crippen molar-refractivity contribution in [2.45, 2.75) is 0 Å². The van der Waals surface area contributed by atoms with E-state index in [1.165, 1.54) is 5.69 Å². The molecular formula is C28H25N4O+. The third-order valence-corrected chi connectivity index (χ3v) is 6.11. The summed E-state index contributed by atoms with van der Waals surface area (Å²) >= 11 is 0. The molecule has 0 aliphatic carbocycles. The SMILES string of the molecule is c1ccc(Nc2ccc3nc4ccc(N5CCOCC5)cc4[n+](-c4ccccc4)c3c2)cc1. The van der Waals surface area contributed by atoms with E-state index < -0.39 is 0 Å². The Morgan fingerprint density at radius 2 is 1.36 bits per heavy atom. The van der Waals surface area contributed by atoms with Crippen LogP contribution >= 0.6 is 0 Å². The van der Waals surface area contributed by atoms with Crippen LogP contribution in [0.4, 0.5) is 17.1 Å². The van der Waals surface area contributed by atoms with Gasteiger partial charge < -0.3 is 15.0 Å². The van der Waals surface area contributed by atoms with Crippen LogP contribution in [-0.2, 0) is 4.74 Å². The van der Waals surface area contributed by atoms with Gasteiger partial charge in [-0.3, -0.25) is 0 Å². The lowest BCUT2D eigenvalue weighted by molar-refractivity contribution is -0.538. The number of rotatable bonds is 4. The van der Waals surface area contributed by atoms with Gasteiger partial charge in [0.1, 0.15) is 11.0 Å². The van der Waals surface area contributed by atoms with Gasteiger partial charge in [0.05, 0.1) is 13.2 Å². The lowest BCUT2D eigenvalue weighted by Gasteiger charge is -2.28. The average molecular weight is 434 g/mol. The van der Waals surface area contributed by atoms with E-state index >= 15 is 0 Å². The first-order valence-corrected chi connectivity index (χ1v) is 11.3. The highest BCUT2D eigenvalue weighted by Gasteiger charge is 2.22. The van der Waals surface area contributed by atoms with Crippen LogP contribution in [0.2, 0.25) is 0 Å². The minimum Gasteiger partial charge on any atom is -0.378 e. The Bertz CT molecular complexity index is 1410. The molecule has 5 heteroatoms. The maximum Gasteiger partial charge on any atom is 0.239 e. The molecule has 5 nitrogen and oxygen atoms in total. The Morgan fingerprint density at radius 1 is 0.697 bits per heavy atom. The Morgan fingerprint density at radius 3 is 2.12 bits per heavy atom. The monoisotopic (exact) mass is 433 g/mol. The van der Waals surface area contributed by atoms with Crippen molar-refractivity contribution < 1.29 is 9.30 Å². The molecule has 0 spiro atoms. The third kappa shape index (κ3) is 3.88. The standard InChI is InChI=1S/C28H24N4O/c1-3-7-21(8-4-1)29-22-11-13-25-27(19-22)32(23-9-5-2-6-10-23)28-20-24(12-14-26(28)30-25)31-15-17-33-18-16-31/h1-14,19-20H,15-18H2/p+1. The fraction of sp³-hybridized carbons (Fsp3) is 0.143. The number of fused-ring (bicyclic) bond motifs is 2. The van der Waals surface area contributed by atoms with E-state index in [0.29, 0.717) is 0 Å². The molecule has 0 radical (unpaired) electrons. The van der Waals surface area contributed by atoms with E-state index in [4.69, 9.17) is 9.72 Å². The van der Waals surface area contributed by atoms with Crippen molar-refractivity contribution in [1.29, 1.82) is 0 Å². The lowest BCUT2D eigenvalue weighted by Crippen LogP contribution is -2.37.